The van der Waals surface area contributed by atoms with Crippen molar-refractivity contribution in [2.75, 3.05) is 39.9 Å². The highest BCUT2D eigenvalue weighted by Crippen LogP contribution is 2.37. The van der Waals surface area contributed by atoms with Crippen LogP contribution in [-0.4, -0.2) is 92.6 Å². The van der Waals surface area contributed by atoms with E-state index in [0.717, 1.165) is 67.7 Å². The Morgan fingerprint density at radius 2 is 0.765 bits per heavy atom. The average Bonchev–Trinajstić information content (AvgIpc) is 1.69. The molecule has 3 aliphatic heterocycles. The Hall–Kier alpha value is -7.98. The van der Waals surface area contributed by atoms with E-state index in [-0.39, 0.29) is 0 Å². The maximum Gasteiger partial charge on any atom is 0.118 e. The van der Waals surface area contributed by atoms with E-state index < -0.39 is 0 Å². The molecule has 4 aliphatic rings. The van der Waals surface area contributed by atoms with Crippen LogP contribution in [0.3, 0.4) is 0 Å². The van der Waals surface area contributed by atoms with Crippen molar-refractivity contribution in [3.05, 3.63) is 234 Å². The van der Waals surface area contributed by atoms with Crippen LogP contribution in [0.15, 0.2) is 150 Å². The van der Waals surface area contributed by atoms with Gasteiger partial charge in [0, 0.05) is 117 Å². The second kappa shape index (κ2) is 63.7. The first-order valence-corrected chi connectivity index (χ1v) is 53.9. The predicted octanol–water partition coefficient (Wildman–Crippen LogP) is 34.5. The third-order valence-electron chi connectivity index (χ3n) is 25.1. The molecule has 8 aromatic rings. The summed E-state index contributed by atoms with van der Waals surface area (Å²) >= 11 is 1.32. The van der Waals surface area contributed by atoms with Gasteiger partial charge in [0.25, 0.3) is 0 Å². The molecule has 1 aliphatic carbocycles. The SMILES string of the molecule is CC(C)C1=C(C(C)C)CCCC1.CC(C)C1=C(C(C)C)N(C)CCO1.CC(C)C1=C(C(C)C)NCCC1.CC(C)C1=C(C(C)C)OCCN1.CC(C)c1cc[nH]c1C(C)C.CC(C)c1cccnc1C(C)C.CC(C)c1ccn(C)c1C(C)C.CC(C)c1ccn(Cc2ccccc2)c1C(C)C.CC(C)c1nc[nH]c1C(C)C.CC(C)c1nccnc1C(C)C.CC(C)c1nsnc1C(C)C. The number of aromatic nitrogens is 10. The van der Waals surface area contributed by atoms with Crippen LogP contribution in [-0.2, 0) is 23.1 Å². The van der Waals surface area contributed by atoms with Crippen molar-refractivity contribution in [3.63, 3.8) is 0 Å². The van der Waals surface area contributed by atoms with E-state index in [1.807, 2.05) is 18.5 Å². The molecular weight excluding hydrogens is 1690 g/mol. The molecule has 0 fully saturated rings. The summed E-state index contributed by atoms with van der Waals surface area (Å²) in [6.07, 6.45) is 21.8. The van der Waals surface area contributed by atoms with E-state index in [9.17, 15) is 0 Å². The van der Waals surface area contributed by atoms with E-state index >= 15 is 0 Å². The molecule has 0 saturated heterocycles. The van der Waals surface area contributed by atoms with Gasteiger partial charge in [-0.1, -0.05) is 352 Å². The molecule has 0 unspecified atom stereocenters. The molecule has 0 spiro atoms. The summed E-state index contributed by atoms with van der Waals surface area (Å²) in [5.74, 6) is 15.2. The van der Waals surface area contributed by atoms with E-state index in [1.54, 1.807) is 35.4 Å². The number of pyridine rings is 1. The molecule has 12 rings (SSSR count). The topological polar surface area (TPSA) is 165 Å². The van der Waals surface area contributed by atoms with Crippen LogP contribution in [0.1, 0.15) is 511 Å². The Morgan fingerprint density at radius 3 is 1.14 bits per heavy atom. The van der Waals surface area contributed by atoms with Crippen LogP contribution in [0, 0.1) is 47.3 Å². The fourth-order valence-corrected chi connectivity index (χ4v) is 19.0. The number of rotatable bonds is 24. The largest absolute Gasteiger partial charge is 0.494 e. The number of hydrogen-bond acceptors (Lipinski definition) is 12. The van der Waals surface area contributed by atoms with Crippen LogP contribution >= 0.6 is 11.7 Å². The second-order valence-electron chi connectivity index (χ2n) is 44.6. The van der Waals surface area contributed by atoms with Gasteiger partial charge in [-0.15, -0.1) is 0 Å². The first-order valence-electron chi connectivity index (χ1n) is 53.2. The van der Waals surface area contributed by atoms with Gasteiger partial charge in [-0.05, 0) is 215 Å². The first kappa shape index (κ1) is 124. The Bertz CT molecular complexity index is 4220. The number of ether oxygens (including phenoxy) is 2. The molecule has 136 heavy (non-hydrogen) atoms. The summed E-state index contributed by atoms with van der Waals surface area (Å²) in [5, 5.41) is 6.93. The Kier molecular flexibility index (Phi) is 58.1. The second-order valence-corrected chi connectivity index (χ2v) is 45.2. The van der Waals surface area contributed by atoms with E-state index in [0.29, 0.717) is 112 Å². The van der Waals surface area contributed by atoms with Crippen molar-refractivity contribution in [2.45, 2.75) is 433 Å². The molecule has 1 aromatic carbocycles. The highest BCUT2D eigenvalue weighted by atomic mass is 32.1. The van der Waals surface area contributed by atoms with Crippen molar-refractivity contribution in [2.24, 2.45) is 54.4 Å². The first-order chi connectivity index (χ1) is 63.7. The van der Waals surface area contributed by atoms with Gasteiger partial charge in [-0.2, -0.15) is 8.75 Å². The number of aryl methyl sites for hydroxylation is 1. The highest BCUT2D eigenvalue weighted by Gasteiger charge is 2.26. The van der Waals surface area contributed by atoms with Crippen LogP contribution in [0.25, 0.3) is 0 Å². The van der Waals surface area contributed by atoms with Crippen molar-refractivity contribution in [3.8, 4) is 0 Å². The third-order valence-corrected chi connectivity index (χ3v) is 25.6. The molecule has 0 atom stereocenters. The molecule has 0 radical (unpaired) electrons. The number of aromatic amines is 2. The minimum Gasteiger partial charge on any atom is -0.494 e. The Morgan fingerprint density at radius 1 is 0.324 bits per heavy atom. The predicted molar refractivity (Wildman–Crippen MR) is 593 cm³/mol. The molecule has 0 bridgehead atoms. The number of H-pyrrole nitrogens is 2. The maximum atomic E-state index is 5.72. The molecule has 15 nitrogen and oxygen atoms in total. The van der Waals surface area contributed by atoms with Crippen molar-refractivity contribution < 1.29 is 9.47 Å². The van der Waals surface area contributed by atoms with Crippen LogP contribution in [0.4, 0.5) is 0 Å². The zero-order valence-electron chi connectivity index (χ0n) is 95.8. The van der Waals surface area contributed by atoms with Gasteiger partial charge < -0.3 is 44.1 Å². The lowest BCUT2D eigenvalue weighted by Crippen LogP contribution is -2.33. The molecule has 7 aromatic heterocycles. The third kappa shape index (κ3) is 41.8. The van der Waals surface area contributed by atoms with Gasteiger partial charge in [0.05, 0.1) is 64.5 Å². The van der Waals surface area contributed by atoms with Gasteiger partial charge in [0.15, 0.2) is 0 Å². The zero-order chi connectivity index (χ0) is 103. The number of nitrogens with one attached hydrogen (secondary N) is 4. The molecule has 4 N–H and O–H groups in total. The molecule has 16 heteroatoms. The minimum absolute atomic E-state index is 0.469. The van der Waals surface area contributed by atoms with E-state index in [2.05, 4.69) is 449 Å². The van der Waals surface area contributed by atoms with Gasteiger partial charge in [0.1, 0.15) is 24.7 Å². The Labute approximate surface area is 840 Å². The quantitative estimate of drug-likeness (QED) is 0.0426. The number of allylic oxidation sites excluding steroid dienone is 8. The standard InChI is InChI=1S/C17H23N.C12H22.C11H21NO.C11H19N.C11H21N.C11H17N.C10H16N2.C10H19NO.C10H17N.C9H16N2.C8H14N2S/c1-13(2)16-10-11-18(17(16)14(3)4)12-15-8-6-5-7-9-15;1-9(2)11-7-5-6-8-12(11)10(3)4;1-8(2)10-11(9(3)4)13-7-6-12(10)5;1-8(2)10-6-7-12(5)11(10)9(3)4;2*1-8(2)10-6-5-7-12-11(10)9(3)4;2*1-7(2)9-10(8(3)4)12-6-5-11-9;1-7(2)9-5-6-11-10(9)8(3)4;1-6(2)8-9(7(3)4)11-5-10-8;1-5(2)7-8(6(3)4)10-11-9-7/h5-11,13-14H,12H2,1-4H3;9-10H,5-8H2,1-4H3;8-9H,6-7H2,1-5H3;6-9H,1-5H3;8-9,12H,5-7H2,1-4H3;5-9H,1-4H3;5-8H,1-4H3;7-8,11H,5-6H2,1-4H3;5-8,11H,1-4H3;5-7H,1-4H3,(H,10,11);5-6H,1-4H3. The maximum absolute atomic E-state index is 5.72. The molecule has 768 valence electrons. The lowest BCUT2D eigenvalue weighted by atomic mass is 9.81. The summed E-state index contributed by atoms with van der Waals surface area (Å²) in [4.78, 5) is 26.1. The molecular formula is C120H205N13O2S. The zero-order valence-corrected chi connectivity index (χ0v) is 96.6. The van der Waals surface area contributed by atoms with Crippen molar-refractivity contribution in [1.82, 2.24) is 63.3 Å². The molecule has 10 heterocycles. The minimum atomic E-state index is 0.469. The van der Waals surface area contributed by atoms with Gasteiger partial charge in [-0.25, -0.2) is 4.98 Å². The highest BCUT2D eigenvalue weighted by molar-refractivity contribution is 6.99. The number of benzene rings is 1. The van der Waals surface area contributed by atoms with Gasteiger partial charge in [-0.3, -0.25) is 15.0 Å². The average molecular weight is 1890 g/mol. The fourth-order valence-electron chi connectivity index (χ4n) is 18.2. The Balaban J connectivity index is 0.000000508. The summed E-state index contributed by atoms with van der Waals surface area (Å²) in [6.45, 7) is 104. The number of imidazole rings is 1. The van der Waals surface area contributed by atoms with E-state index in [1.165, 1.54) is 153 Å². The lowest BCUT2D eigenvalue weighted by molar-refractivity contribution is 0.111. The normalized spacial score (nSPS) is 14.0. The summed E-state index contributed by atoms with van der Waals surface area (Å²) in [5.41, 5.74) is 29.2. The number of nitrogens with zero attached hydrogens (tertiary/aromatic N) is 9. The fraction of sp³-hybridized carbons (Fsp3) is 0.667. The monoisotopic (exact) mass is 1890 g/mol. The van der Waals surface area contributed by atoms with Crippen LogP contribution in [0.2, 0.25) is 0 Å². The van der Waals surface area contributed by atoms with Gasteiger partial charge in [0.2, 0.25) is 0 Å². The molecule has 0 saturated carbocycles. The molecule has 0 amide bonds. The van der Waals surface area contributed by atoms with Crippen molar-refractivity contribution in [1.29, 1.82) is 0 Å². The summed E-state index contributed by atoms with van der Waals surface area (Å²) in [7, 11) is 4.28. The number of hydrogen-bond donors (Lipinski definition) is 4. The summed E-state index contributed by atoms with van der Waals surface area (Å²) < 4.78 is 24.5. The lowest BCUT2D eigenvalue weighted by Gasteiger charge is -2.34. The smallest absolute Gasteiger partial charge is 0.118 e. The van der Waals surface area contributed by atoms with Crippen LogP contribution < -0.4 is 10.6 Å². The van der Waals surface area contributed by atoms with Gasteiger partial charge >= 0.3 is 0 Å². The van der Waals surface area contributed by atoms with E-state index in [4.69, 9.17) is 9.47 Å². The number of likely N-dealkylation sites (N-methyl/N-ethyl adjacent to an activating group) is 1. The summed E-state index contributed by atoms with van der Waals surface area (Å²) in [6, 6.07) is 21.6. The van der Waals surface area contributed by atoms with Crippen molar-refractivity contribution >= 4 is 11.7 Å². The van der Waals surface area contributed by atoms with Crippen LogP contribution in [0.5, 0.6) is 0 Å².